The minimum atomic E-state index is -0.0204. The molecule has 1 aromatic carbocycles. The first-order valence-electron chi connectivity index (χ1n) is 6.72. The van der Waals surface area contributed by atoms with Crippen molar-refractivity contribution in [3.63, 3.8) is 0 Å². The number of amides is 1. The zero-order valence-electron chi connectivity index (χ0n) is 11.9. The van der Waals surface area contributed by atoms with Gasteiger partial charge in [0.15, 0.2) is 0 Å². The van der Waals surface area contributed by atoms with Gasteiger partial charge in [0.2, 0.25) is 5.91 Å². The molecule has 0 spiro atoms. The standard InChI is InChI=1S/C15H20N4O/c1-3-17-14(20)10-19(2)15-12(9-16)8-11-6-4-5-7-13(11)18-15/h4-8H,3,9-10,16H2,1-2H3,(H,17,20). The molecule has 5 heteroatoms. The van der Waals surface area contributed by atoms with Crippen molar-refractivity contribution in [2.75, 3.05) is 25.0 Å². The third kappa shape index (κ3) is 3.05. The van der Waals surface area contributed by atoms with Crippen molar-refractivity contribution in [2.45, 2.75) is 13.5 Å². The predicted molar refractivity (Wildman–Crippen MR) is 81.6 cm³/mol. The first-order chi connectivity index (χ1) is 9.65. The molecule has 0 atom stereocenters. The van der Waals surface area contributed by atoms with Crippen LogP contribution in [-0.4, -0.2) is 31.0 Å². The predicted octanol–water partition coefficient (Wildman–Crippen LogP) is 1.27. The van der Waals surface area contributed by atoms with E-state index < -0.39 is 0 Å². The minimum Gasteiger partial charge on any atom is -0.355 e. The highest BCUT2D eigenvalue weighted by Crippen LogP contribution is 2.22. The van der Waals surface area contributed by atoms with E-state index in [9.17, 15) is 4.79 Å². The molecule has 106 valence electrons. The number of pyridine rings is 1. The Morgan fingerprint density at radius 3 is 2.85 bits per heavy atom. The number of nitrogens with zero attached hydrogens (tertiary/aromatic N) is 2. The number of carbonyl (C=O) groups is 1. The number of rotatable bonds is 5. The summed E-state index contributed by atoms with van der Waals surface area (Å²) < 4.78 is 0. The van der Waals surface area contributed by atoms with Crippen LogP contribution in [0.4, 0.5) is 5.82 Å². The zero-order valence-corrected chi connectivity index (χ0v) is 11.9. The monoisotopic (exact) mass is 272 g/mol. The molecule has 1 aromatic heterocycles. The summed E-state index contributed by atoms with van der Waals surface area (Å²) in [5, 5.41) is 3.84. The molecule has 0 aliphatic carbocycles. The number of nitrogens with one attached hydrogen (secondary N) is 1. The van der Waals surface area contributed by atoms with E-state index in [-0.39, 0.29) is 12.5 Å². The summed E-state index contributed by atoms with van der Waals surface area (Å²) in [4.78, 5) is 18.1. The Labute approximate surface area is 118 Å². The van der Waals surface area contributed by atoms with E-state index in [0.717, 1.165) is 22.3 Å². The number of benzene rings is 1. The van der Waals surface area contributed by atoms with E-state index in [1.54, 1.807) is 0 Å². The second-order valence-electron chi connectivity index (χ2n) is 4.68. The molecule has 0 saturated carbocycles. The van der Waals surface area contributed by atoms with Gasteiger partial charge < -0.3 is 16.0 Å². The molecule has 0 radical (unpaired) electrons. The van der Waals surface area contributed by atoms with Crippen molar-refractivity contribution in [3.05, 3.63) is 35.9 Å². The molecule has 5 nitrogen and oxygen atoms in total. The lowest BCUT2D eigenvalue weighted by atomic mass is 10.1. The molecule has 1 heterocycles. The summed E-state index contributed by atoms with van der Waals surface area (Å²) in [5.41, 5.74) is 7.65. The Balaban J connectivity index is 2.34. The molecule has 0 bridgehead atoms. The van der Waals surface area contributed by atoms with Gasteiger partial charge in [0.25, 0.3) is 0 Å². The molecule has 0 unspecified atom stereocenters. The molecule has 0 saturated heterocycles. The number of nitrogens with two attached hydrogens (primary N) is 1. The summed E-state index contributed by atoms with van der Waals surface area (Å²) in [6.07, 6.45) is 0. The lowest BCUT2D eigenvalue weighted by molar-refractivity contribution is -0.119. The highest BCUT2D eigenvalue weighted by molar-refractivity contribution is 5.84. The minimum absolute atomic E-state index is 0.0204. The topological polar surface area (TPSA) is 71.2 Å². The average Bonchev–Trinajstić information content (AvgIpc) is 2.45. The van der Waals surface area contributed by atoms with Crippen LogP contribution < -0.4 is 16.0 Å². The van der Waals surface area contributed by atoms with Crippen LogP contribution in [0.3, 0.4) is 0 Å². The zero-order chi connectivity index (χ0) is 14.5. The third-order valence-corrected chi connectivity index (χ3v) is 3.12. The number of hydrogen-bond acceptors (Lipinski definition) is 4. The number of fused-ring (bicyclic) bond motifs is 1. The normalized spacial score (nSPS) is 10.6. The van der Waals surface area contributed by atoms with Crippen molar-refractivity contribution in [1.82, 2.24) is 10.3 Å². The molecule has 2 rings (SSSR count). The van der Waals surface area contributed by atoms with Crippen molar-refractivity contribution < 1.29 is 4.79 Å². The Hall–Kier alpha value is -2.14. The van der Waals surface area contributed by atoms with Gasteiger partial charge in [0, 0.05) is 31.1 Å². The molecule has 1 amide bonds. The maximum atomic E-state index is 11.7. The Kier molecular flexibility index (Phi) is 4.53. The molecule has 2 aromatic rings. The first kappa shape index (κ1) is 14.3. The van der Waals surface area contributed by atoms with Crippen molar-refractivity contribution in [3.8, 4) is 0 Å². The molecular weight excluding hydrogens is 252 g/mol. The summed E-state index contributed by atoms with van der Waals surface area (Å²) in [5.74, 6) is 0.741. The highest BCUT2D eigenvalue weighted by Gasteiger charge is 2.13. The summed E-state index contributed by atoms with van der Waals surface area (Å²) in [7, 11) is 1.85. The summed E-state index contributed by atoms with van der Waals surface area (Å²) in [6, 6.07) is 9.92. The fraction of sp³-hybridized carbons (Fsp3) is 0.333. The number of aromatic nitrogens is 1. The molecular formula is C15H20N4O. The van der Waals surface area contributed by atoms with Gasteiger partial charge in [-0.2, -0.15) is 0 Å². The lowest BCUT2D eigenvalue weighted by Crippen LogP contribution is -2.35. The fourth-order valence-corrected chi connectivity index (χ4v) is 2.17. The van der Waals surface area contributed by atoms with Gasteiger partial charge in [-0.3, -0.25) is 4.79 Å². The van der Waals surface area contributed by atoms with Crippen LogP contribution in [0.5, 0.6) is 0 Å². The fourth-order valence-electron chi connectivity index (χ4n) is 2.17. The van der Waals surface area contributed by atoms with Gasteiger partial charge in [-0.1, -0.05) is 18.2 Å². The van der Waals surface area contributed by atoms with E-state index in [4.69, 9.17) is 5.73 Å². The quantitative estimate of drug-likeness (QED) is 0.859. The molecule has 0 aliphatic rings. The second-order valence-corrected chi connectivity index (χ2v) is 4.68. The smallest absolute Gasteiger partial charge is 0.239 e. The number of hydrogen-bond donors (Lipinski definition) is 2. The van der Waals surface area contributed by atoms with Crippen LogP contribution >= 0.6 is 0 Å². The highest BCUT2D eigenvalue weighted by atomic mass is 16.2. The van der Waals surface area contributed by atoms with Crippen molar-refractivity contribution in [2.24, 2.45) is 5.73 Å². The number of anilines is 1. The summed E-state index contributed by atoms with van der Waals surface area (Å²) in [6.45, 7) is 3.19. The Morgan fingerprint density at radius 1 is 1.40 bits per heavy atom. The van der Waals surface area contributed by atoms with Crippen LogP contribution in [0.1, 0.15) is 12.5 Å². The molecule has 0 aliphatic heterocycles. The third-order valence-electron chi connectivity index (χ3n) is 3.12. The number of likely N-dealkylation sites (N-methyl/N-ethyl adjacent to an activating group) is 2. The van der Waals surface area contributed by atoms with Gasteiger partial charge in [0.05, 0.1) is 12.1 Å². The van der Waals surface area contributed by atoms with Crippen LogP contribution in [0, 0.1) is 0 Å². The van der Waals surface area contributed by atoms with E-state index in [1.165, 1.54) is 0 Å². The maximum absolute atomic E-state index is 11.7. The van der Waals surface area contributed by atoms with E-state index in [2.05, 4.69) is 10.3 Å². The average molecular weight is 272 g/mol. The van der Waals surface area contributed by atoms with Crippen LogP contribution in [0.25, 0.3) is 10.9 Å². The van der Waals surface area contributed by atoms with Gasteiger partial charge >= 0.3 is 0 Å². The molecule has 0 fully saturated rings. The summed E-state index contributed by atoms with van der Waals surface area (Å²) >= 11 is 0. The maximum Gasteiger partial charge on any atom is 0.239 e. The molecule has 20 heavy (non-hydrogen) atoms. The van der Waals surface area contributed by atoms with Gasteiger partial charge in [-0.15, -0.1) is 0 Å². The number of carbonyl (C=O) groups excluding carboxylic acids is 1. The van der Waals surface area contributed by atoms with Gasteiger partial charge in [-0.05, 0) is 19.1 Å². The Morgan fingerprint density at radius 2 is 2.15 bits per heavy atom. The van der Waals surface area contributed by atoms with Crippen LogP contribution in [0.15, 0.2) is 30.3 Å². The SMILES string of the molecule is CCNC(=O)CN(C)c1nc2ccccc2cc1CN. The Bertz CT molecular complexity index is 612. The van der Waals surface area contributed by atoms with E-state index in [0.29, 0.717) is 13.1 Å². The van der Waals surface area contributed by atoms with Gasteiger partial charge in [-0.25, -0.2) is 4.98 Å². The lowest BCUT2D eigenvalue weighted by Gasteiger charge is -2.21. The van der Waals surface area contributed by atoms with Crippen molar-refractivity contribution >= 4 is 22.6 Å². The van der Waals surface area contributed by atoms with Crippen molar-refractivity contribution in [1.29, 1.82) is 0 Å². The van der Waals surface area contributed by atoms with E-state index in [1.807, 2.05) is 49.2 Å². The first-order valence-corrected chi connectivity index (χ1v) is 6.72. The number of para-hydroxylation sites is 1. The van der Waals surface area contributed by atoms with Crippen LogP contribution in [-0.2, 0) is 11.3 Å². The van der Waals surface area contributed by atoms with Gasteiger partial charge in [0.1, 0.15) is 5.82 Å². The second kappa shape index (κ2) is 6.34. The van der Waals surface area contributed by atoms with E-state index >= 15 is 0 Å². The van der Waals surface area contributed by atoms with Crippen LogP contribution in [0.2, 0.25) is 0 Å². The molecule has 3 N–H and O–H groups in total. The largest absolute Gasteiger partial charge is 0.355 e.